The highest BCUT2D eigenvalue weighted by Gasteiger charge is 2.19. The summed E-state index contributed by atoms with van der Waals surface area (Å²) < 4.78 is 27.4. The molecule has 0 saturated heterocycles. The van der Waals surface area contributed by atoms with Gasteiger partial charge in [-0.05, 0) is 31.0 Å². The number of nitro benzene ring substituents is 1. The predicted octanol–water partition coefficient (Wildman–Crippen LogP) is 3.07. The first-order chi connectivity index (χ1) is 12.7. The summed E-state index contributed by atoms with van der Waals surface area (Å²) in [5, 5.41) is 13.6. The molecule has 2 aromatic rings. The monoisotopic (exact) mass is 391 g/mol. The molecule has 0 saturated carbocycles. The molecule has 0 spiro atoms. The van der Waals surface area contributed by atoms with E-state index in [0.717, 1.165) is 6.42 Å². The van der Waals surface area contributed by atoms with E-state index in [-0.39, 0.29) is 34.5 Å². The van der Waals surface area contributed by atoms with E-state index in [0.29, 0.717) is 0 Å². The van der Waals surface area contributed by atoms with Crippen LogP contribution in [0.15, 0.2) is 48.5 Å². The average Bonchev–Trinajstić information content (AvgIpc) is 2.61. The summed E-state index contributed by atoms with van der Waals surface area (Å²) in [5.74, 6) is -0.825. The number of carbonyl (C=O) groups excluding carboxylic acids is 1. The summed E-state index contributed by atoms with van der Waals surface area (Å²) in [6.45, 7) is 3.78. The molecule has 8 nitrogen and oxygen atoms in total. The van der Waals surface area contributed by atoms with Gasteiger partial charge in [0.25, 0.3) is 11.6 Å². The normalized spacial score (nSPS) is 12.2. The molecule has 0 aliphatic carbocycles. The topological polar surface area (TPSA) is 118 Å². The maximum atomic E-state index is 12.5. The van der Waals surface area contributed by atoms with Crippen molar-refractivity contribution in [3.63, 3.8) is 0 Å². The standard InChI is InChI=1S/C18H21N3O5S/c1-3-13(2)19-18(22)16-9-4-5-10-17(16)20-27(25,26)12-14-7-6-8-15(11-14)21(23)24/h4-11,13,20H,3,12H2,1-2H3,(H,19,22)/t13-/m0/s1. The van der Waals surface area contributed by atoms with E-state index in [1.165, 1.54) is 36.4 Å². The van der Waals surface area contributed by atoms with E-state index in [4.69, 9.17) is 0 Å². The lowest BCUT2D eigenvalue weighted by atomic mass is 10.1. The van der Waals surface area contributed by atoms with E-state index in [9.17, 15) is 23.3 Å². The minimum Gasteiger partial charge on any atom is -0.350 e. The number of carbonyl (C=O) groups is 1. The van der Waals surface area contributed by atoms with Crippen LogP contribution in [-0.2, 0) is 15.8 Å². The summed E-state index contributed by atoms with van der Waals surface area (Å²) in [6, 6.07) is 11.7. The van der Waals surface area contributed by atoms with E-state index in [1.54, 1.807) is 12.1 Å². The van der Waals surface area contributed by atoms with E-state index in [2.05, 4.69) is 10.0 Å². The maximum absolute atomic E-state index is 12.5. The van der Waals surface area contributed by atoms with Gasteiger partial charge in [-0.25, -0.2) is 8.42 Å². The van der Waals surface area contributed by atoms with Crippen molar-refractivity contribution in [1.29, 1.82) is 0 Å². The third-order valence-corrected chi connectivity index (χ3v) is 5.15. The van der Waals surface area contributed by atoms with Gasteiger partial charge in [0.05, 0.1) is 21.9 Å². The molecule has 9 heteroatoms. The molecule has 0 aliphatic rings. The van der Waals surface area contributed by atoms with Crippen molar-refractivity contribution < 1.29 is 18.1 Å². The van der Waals surface area contributed by atoms with Crippen LogP contribution < -0.4 is 10.0 Å². The molecular weight excluding hydrogens is 370 g/mol. The van der Waals surface area contributed by atoms with Crippen molar-refractivity contribution in [2.45, 2.75) is 32.1 Å². The molecule has 2 rings (SSSR count). The van der Waals surface area contributed by atoms with Crippen molar-refractivity contribution in [2.24, 2.45) is 0 Å². The number of rotatable bonds is 8. The summed E-state index contributed by atoms with van der Waals surface area (Å²) in [4.78, 5) is 22.6. The lowest BCUT2D eigenvalue weighted by molar-refractivity contribution is -0.384. The van der Waals surface area contributed by atoms with Crippen LogP contribution in [-0.4, -0.2) is 25.3 Å². The number of para-hydroxylation sites is 1. The third kappa shape index (κ3) is 5.78. The van der Waals surface area contributed by atoms with Gasteiger partial charge in [-0.15, -0.1) is 0 Å². The number of hydrogen-bond acceptors (Lipinski definition) is 5. The quantitative estimate of drug-likeness (QED) is 0.529. The van der Waals surface area contributed by atoms with E-state index >= 15 is 0 Å². The summed E-state index contributed by atoms with van der Waals surface area (Å²) in [5.41, 5.74) is 0.457. The lowest BCUT2D eigenvalue weighted by Crippen LogP contribution is -2.32. The predicted molar refractivity (Wildman–Crippen MR) is 103 cm³/mol. The number of nitrogens with zero attached hydrogens (tertiary/aromatic N) is 1. The molecule has 0 aliphatic heterocycles. The van der Waals surface area contributed by atoms with Crippen molar-refractivity contribution in [1.82, 2.24) is 5.32 Å². The fourth-order valence-corrected chi connectivity index (χ4v) is 3.56. The Bertz CT molecular complexity index is 944. The van der Waals surface area contributed by atoms with Crippen LogP contribution in [0.1, 0.15) is 36.2 Å². The number of nitro groups is 1. The number of nitrogens with one attached hydrogen (secondary N) is 2. The highest BCUT2D eigenvalue weighted by atomic mass is 32.2. The Balaban J connectivity index is 2.22. The highest BCUT2D eigenvalue weighted by molar-refractivity contribution is 7.91. The fourth-order valence-electron chi connectivity index (χ4n) is 2.36. The van der Waals surface area contributed by atoms with Crippen LogP contribution >= 0.6 is 0 Å². The maximum Gasteiger partial charge on any atom is 0.269 e. The van der Waals surface area contributed by atoms with Crippen molar-refractivity contribution in [3.05, 3.63) is 69.8 Å². The molecule has 2 aromatic carbocycles. The first kappa shape index (κ1) is 20.4. The second-order valence-corrected chi connectivity index (χ2v) is 7.84. The van der Waals surface area contributed by atoms with Crippen LogP contribution in [0.25, 0.3) is 0 Å². The van der Waals surface area contributed by atoms with Crippen LogP contribution in [0, 0.1) is 10.1 Å². The zero-order valence-corrected chi connectivity index (χ0v) is 15.8. The molecule has 0 radical (unpaired) electrons. The van der Waals surface area contributed by atoms with Gasteiger partial charge in [0, 0.05) is 18.2 Å². The number of benzene rings is 2. The van der Waals surface area contributed by atoms with Gasteiger partial charge < -0.3 is 5.32 Å². The first-order valence-electron chi connectivity index (χ1n) is 8.35. The molecule has 0 bridgehead atoms. The van der Waals surface area contributed by atoms with Crippen LogP contribution in [0.2, 0.25) is 0 Å². The molecule has 144 valence electrons. The minimum atomic E-state index is -3.87. The summed E-state index contributed by atoms with van der Waals surface area (Å²) >= 11 is 0. The number of non-ortho nitro benzene ring substituents is 1. The molecule has 1 atom stereocenters. The van der Waals surface area contributed by atoms with Crippen molar-refractivity contribution in [3.8, 4) is 0 Å². The van der Waals surface area contributed by atoms with Crippen LogP contribution in [0.4, 0.5) is 11.4 Å². The molecule has 0 unspecified atom stereocenters. The summed E-state index contributed by atoms with van der Waals surface area (Å²) in [7, 11) is -3.87. The van der Waals surface area contributed by atoms with Gasteiger partial charge in [0.15, 0.2) is 0 Å². The Morgan fingerprint density at radius 2 is 1.89 bits per heavy atom. The Kier molecular flexibility index (Phi) is 6.51. The van der Waals surface area contributed by atoms with Crippen LogP contribution in [0.5, 0.6) is 0 Å². The Labute approximate surface area is 157 Å². The zero-order chi connectivity index (χ0) is 20.0. The molecule has 27 heavy (non-hydrogen) atoms. The number of amides is 1. The summed E-state index contributed by atoms with van der Waals surface area (Å²) in [6.07, 6.45) is 0.742. The minimum absolute atomic E-state index is 0.0490. The fraction of sp³-hybridized carbons (Fsp3) is 0.278. The molecular formula is C18H21N3O5S. The van der Waals surface area contributed by atoms with Gasteiger partial charge in [-0.2, -0.15) is 0 Å². The smallest absolute Gasteiger partial charge is 0.269 e. The Morgan fingerprint density at radius 3 is 2.56 bits per heavy atom. The molecule has 2 N–H and O–H groups in total. The molecule has 0 heterocycles. The van der Waals surface area contributed by atoms with Gasteiger partial charge >= 0.3 is 0 Å². The largest absolute Gasteiger partial charge is 0.350 e. The van der Waals surface area contributed by atoms with Crippen molar-refractivity contribution >= 4 is 27.3 Å². The van der Waals surface area contributed by atoms with Gasteiger partial charge in [-0.3, -0.25) is 19.6 Å². The van der Waals surface area contributed by atoms with E-state index < -0.39 is 20.7 Å². The molecule has 0 fully saturated rings. The molecule has 1 amide bonds. The lowest BCUT2D eigenvalue weighted by Gasteiger charge is -2.15. The second-order valence-electron chi connectivity index (χ2n) is 6.12. The molecule has 0 aromatic heterocycles. The number of sulfonamides is 1. The van der Waals surface area contributed by atoms with Gasteiger partial charge in [0.2, 0.25) is 10.0 Å². The third-order valence-electron chi connectivity index (χ3n) is 3.91. The average molecular weight is 391 g/mol. The number of anilines is 1. The highest BCUT2D eigenvalue weighted by Crippen LogP contribution is 2.20. The first-order valence-corrected chi connectivity index (χ1v) is 10.0. The Morgan fingerprint density at radius 1 is 1.19 bits per heavy atom. The van der Waals surface area contributed by atoms with E-state index in [1.807, 2.05) is 13.8 Å². The SMILES string of the molecule is CC[C@H](C)NC(=O)c1ccccc1NS(=O)(=O)Cc1cccc([N+](=O)[O-])c1. The van der Waals surface area contributed by atoms with Crippen LogP contribution in [0.3, 0.4) is 0 Å². The zero-order valence-electron chi connectivity index (χ0n) is 15.0. The van der Waals surface area contributed by atoms with Gasteiger partial charge in [-0.1, -0.05) is 31.2 Å². The van der Waals surface area contributed by atoms with Crippen molar-refractivity contribution in [2.75, 3.05) is 4.72 Å². The van der Waals surface area contributed by atoms with Gasteiger partial charge in [0.1, 0.15) is 0 Å². The number of hydrogen-bond donors (Lipinski definition) is 2. The Hall–Kier alpha value is -2.94. The second kappa shape index (κ2) is 8.63.